The molecule has 0 amide bonds. The van der Waals surface area contributed by atoms with Crippen LogP contribution in [-0.4, -0.2) is 22.2 Å². The van der Waals surface area contributed by atoms with Crippen molar-refractivity contribution >= 4 is 11.5 Å². The van der Waals surface area contributed by atoms with Gasteiger partial charge in [-0.3, -0.25) is 0 Å². The zero-order chi connectivity index (χ0) is 7.52. The SMILES string of the molecule is C1=CC(Cc2csnn2)NC1. The molecule has 2 heterocycles. The normalized spacial score (nSPS) is 22.7. The van der Waals surface area contributed by atoms with Crippen LogP contribution >= 0.6 is 11.5 Å². The monoisotopic (exact) mass is 167 g/mol. The Kier molecular flexibility index (Phi) is 1.96. The zero-order valence-corrected chi connectivity index (χ0v) is 6.84. The number of hydrogen-bond donors (Lipinski definition) is 1. The summed E-state index contributed by atoms with van der Waals surface area (Å²) >= 11 is 1.41. The average Bonchev–Trinajstić information content (AvgIpc) is 2.60. The van der Waals surface area contributed by atoms with Crippen LogP contribution in [0.25, 0.3) is 0 Å². The second-order valence-corrected chi connectivity index (χ2v) is 3.15. The van der Waals surface area contributed by atoms with E-state index in [1.165, 1.54) is 11.5 Å². The van der Waals surface area contributed by atoms with Crippen molar-refractivity contribution in [2.75, 3.05) is 6.54 Å². The average molecular weight is 167 g/mol. The van der Waals surface area contributed by atoms with Crippen molar-refractivity contribution in [1.82, 2.24) is 14.9 Å². The molecule has 0 aliphatic carbocycles. The van der Waals surface area contributed by atoms with Crippen molar-refractivity contribution in [2.24, 2.45) is 0 Å². The Labute approximate surface area is 69.3 Å². The summed E-state index contributed by atoms with van der Waals surface area (Å²) < 4.78 is 3.80. The van der Waals surface area contributed by atoms with Gasteiger partial charge in [0.15, 0.2) is 0 Å². The maximum Gasteiger partial charge on any atom is 0.0774 e. The Morgan fingerprint density at radius 3 is 3.36 bits per heavy atom. The maximum absolute atomic E-state index is 3.97. The second kappa shape index (κ2) is 3.11. The Bertz CT molecular complexity index is 242. The molecular weight excluding hydrogens is 158 g/mol. The molecule has 1 aliphatic heterocycles. The van der Waals surface area contributed by atoms with Crippen LogP contribution in [0.3, 0.4) is 0 Å². The lowest BCUT2D eigenvalue weighted by molar-refractivity contribution is 0.654. The first-order chi connectivity index (χ1) is 5.45. The molecule has 1 aliphatic rings. The summed E-state index contributed by atoms with van der Waals surface area (Å²) in [5.41, 5.74) is 1.08. The van der Waals surface area contributed by atoms with Gasteiger partial charge in [0.2, 0.25) is 0 Å². The van der Waals surface area contributed by atoms with E-state index in [4.69, 9.17) is 0 Å². The first-order valence-electron chi connectivity index (χ1n) is 3.61. The van der Waals surface area contributed by atoms with E-state index in [1.54, 1.807) is 0 Å². The quantitative estimate of drug-likeness (QED) is 0.656. The summed E-state index contributed by atoms with van der Waals surface area (Å²) in [6.45, 7) is 0.988. The van der Waals surface area contributed by atoms with Crippen LogP contribution in [-0.2, 0) is 6.42 Å². The van der Waals surface area contributed by atoms with Crippen molar-refractivity contribution in [3.8, 4) is 0 Å². The van der Waals surface area contributed by atoms with E-state index in [2.05, 4.69) is 27.1 Å². The largest absolute Gasteiger partial charge is 0.307 e. The smallest absolute Gasteiger partial charge is 0.0774 e. The van der Waals surface area contributed by atoms with Crippen molar-refractivity contribution in [3.05, 3.63) is 23.2 Å². The molecule has 0 radical (unpaired) electrons. The van der Waals surface area contributed by atoms with Crippen molar-refractivity contribution in [1.29, 1.82) is 0 Å². The predicted molar refractivity (Wildman–Crippen MR) is 44.5 cm³/mol. The first kappa shape index (κ1) is 6.94. The molecule has 0 aromatic carbocycles. The molecular formula is C7H9N3S. The molecule has 1 aromatic rings. The minimum Gasteiger partial charge on any atom is -0.307 e. The van der Waals surface area contributed by atoms with Crippen LogP contribution in [0.1, 0.15) is 5.69 Å². The van der Waals surface area contributed by atoms with E-state index < -0.39 is 0 Å². The molecule has 11 heavy (non-hydrogen) atoms. The number of nitrogens with one attached hydrogen (secondary N) is 1. The molecule has 0 bridgehead atoms. The van der Waals surface area contributed by atoms with Crippen molar-refractivity contribution < 1.29 is 0 Å². The van der Waals surface area contributed by atoms with Crippen LogP contribution in [0, 0.1) is 0 Å². The third-order valence-corrected chi connectivity index (χ3v) is 2.25. The van der Waals surface area contributed by atoms with E-state index in [0.29, 0.717) is 6.04 Å². The maximum atomic E-state index is 3.97. The van der Waals surface area contributed by atoms with E-state index in [0.717, 1.165) is 18.7 Å². The lowest BCUT2D eigenvalue weighted by Crippen LogP contribution is -2.24. The molecule has 3 nitrogen and oxygen atoms in total. The fourth-order valence-corrected chi connectivity index (χ4v) is 1.62. The van der Waals surface area contributed by atoms with Crippen LogP contribution in [0.4, 0.5) is 0 Å². The van der Waals surface area contributed by atoms with Gasteiger partial charge in [-0.15, -0.1) is 5.10 Å². The minimum absolute atomic E-state index is 0.471. The van der Waals surface area contributed by atoms with E-state index >= 15 is 0 Å². The van der Waals surface area contributed by atoms with Gasteiger partial charge in [-0.2, -0.15) is 0 Å². The highest BCUT2D eigenvalue weighted by molar-refractivity contribution is 7.03. The minimum atomic E-state index is 0.471. The van der Waals surface area contributed by atoms with Crippen molar-refractivity contribution in [2.45, 2.75) is 12.5 Å². The van der Waals surface area contributed by atoms with Gasteiger partial charge in [-0.05, 0) is 11.5 Å². The third kappa shape index (κ3) is 1.64. The van der Waals surface area contributed by atoms with Gasteiger partial charge in [-0.25, -0.2) is 0 Å². The van der Waals surface area contributed by atoms with E-state index in [-0.39, 0.29) is 0 Å². The third-order valence-electron chi connectivity index (χ3n) is 1.70. The Balaban J connectivity index is 1.95. The van der Waals surface area contributed by atoms with Crippen molar-refractivity contribution in [3.63, 3.8) is 0 Å². The summed E-state index contributed by atoms with van der Waals surface area (Å²) in [6, 6.07) is 0.471. The fraction of sp³-hybridized carbons (Fsp3) is 0.429. The number of hydrogen-bond acceptors (Lipinski definition) is 4. The van der Waals surface area contributed by atoms with Crippen LogP contribution in [0.15, 0.2) is 17.5 Å². The van der Waals surface area contributed by atoms with Gasteiger partial charge >= 0.3 is 0 Å². The molecule has 0 fully saturated rings. The number of rotatable bonds is 2. The molecule has 4 heteroatoms. The first-order valence-corrected chi connectivity index (χ1v) is 4.45. The van der Waals surface area contributed by atoms with E-state index in [9.17, 15) is 0 Å². The Morgan fingerprint density at radius 2 is 2.73 bits per heavy atom. The highest BCUT2D eigenvalue weighted by Gasteiger charge is 2.09. The molecule has 0 spiro atoms. The summed E-state index contributed by atoms with van der Waals surface area (Å²) in [5, 5.41) is 9.29. The fourth-order valence-electron chi connectivity index (χ4n) is 1.16. The topological polar surface area (TPSA) is 37.8 Å². The highest BCUT2D eigenvalue weighted by atomic mass is 32.1. The Hall–Kier alpha value is -0.740. The molecule has 0 saturated carbocycles. The molecule has 58 valence electrons. The van der Waals surface area contributed by atoms with Gasteiger partial charge in [0, 0.05) is 24.4 Å². The summed E-state index contributed by atoms with van der Waals surface area (Å²) in [7, 11) is 0. The van der Waals surface area contributed by atoms with Crippen LogP contribution in [0.2, 0.25) is 0 Å². The molecule has 1 unspecified atom stereocenters. The molecule has 2 rings (SSSR count). The zero-order valence-electron chi connectivity index (χ0n) is 6.03. The van der Waals surface area contributed by atoms with Gasteiger partial charge < -0.3 is 5.32 Å². The number of aromatic nitrogens is 2. The predicted octanol–water partition coefficient (Wildman–Crippen LogP) is 0.609. The molecule has 1 atom stereocenters. The molecule has 1 aromatic heterocycles. The molecule has 0 saturated heterocycles. The van der Waals surface area contributed by atoms with Crippen LogP contribution < -0.4 is 5.32 Å². The summed E-state index contributed by atoms with van der Waals surface area (Å²) in [6.07, 6.45) is 5.29. The van der Waals surface area contributed by atoms with Crippen LogP contribution in [0.5, 0.6) is 0 Å². The highest BCUT2D eigenvalue weighted by Crippen LogP contribution is 2.05. The standard InChI is InChI=1S/C7H9N3S/c1-2-6(8-3-1)4-7-5-11-10-9-7/h1-2,5-6,8H,3-4H2. The number of nitrogens with zero attached hydrogens (tertiary/aromatic N) is 2. The molecule has 1 N–H and O–H groups in total. The summed E-state index contributed by atoms with van der Waals surface area (Å²) in [5.74, 6) is 0. The second-order valence-electron chi connectivity index (χ2n) is 2.54. The van der Waals surface area contributed by atoms with Gasteiger partial charge in [0.1, 0.15) is 0 Å². The summed E-state index contributed by atoms with van der Waals surface area (Å²) in [4.78, 5) is 0. The lowest BCUT2D eigenvalue weighted by Gasteiger charge is -2.04. The van der Waals surface area contributed by atoms with Gasteiger partial charge in [0.05, 0.1) is 5.69 Å². The van der Waals surface area contributed by atoms with Gasteiger partial charge in [-0.1, -0.05) is 16.6 Å². The van der Waals surface area contributed by atoms with Gasteiger partial charge in [0.25, 0.3) is 0 Å². The Morgan fingerprint density at radius 1 is 1.73 bits per heavy atom. The lowest BCUT2D eigenvalue weighted by atomic mass is 10.2. The van der Waals surface area contributed by atoms with E-state index in [1.807, 2.05) is 5.38 Å².